The summed E-state index contributed by atoms with van der Waals surface area (Å²) in [5.41, 5.74) is 0.857. The van der Waals surface area contributed by atoms with E-state index in [0.717, 1.165) is 10.4 Å². The minimum absolute atomic E-state index is 0.112. The van der Waals surface area contributed by atoms with Gasteiger partial charge in [0.25, 0.3) is 0 Å². The van der Waals surface area contributed by atoms with E-state index in [0.29, 0.717) is 6.54 Å². The third-order valence-corrected chi connectivity index (χ3v) is 3.85. The van der Waals surface area contributed by atoms with Gasteiger partial charge >= 0.3 is 0 Å². The quantitative estimate of drug-likeness (QED) is 0.610. The molecule has 0 saturated carbocycles. The van der Waals surface area contributed by atoms with Gasteiger partial charge in [0.1, 0.15) is 5.82 Å². The van der Waals surface area contributed by atoms with Gasteiger partial charge in [-0.15, -0.1) is 17.9 Å². The van der Waals surface area contributed by atoms with Gasteiger partial charge in [0.15, 0.2) is 0 Å². The van der Waals surface area contributed by atoms with Crippen molar-refractivity contribution in [3.8, 4) is 0 Å². The highest BCUT2D eigenvalue weighted by molar-refractivity contribution is 7.10. The molecule has 0 aliphatic rings. The van der Waals surface area contributed by atoms with Crippen LogP contribution in [0.25, 0.3) is 0 Å². The molecule has 0 bridgehead atoms. The van der Waals surface area contributed by atoms with Gasteiger partial charge in [-0.05, 0) is 29.1 Å². The molecule has 1 aromatic carbocycles. The second-order valence-corrected chi connectivity index (χ2v) is 5.47. The van der Waals surface area contributed by atoms with E-state index in [9.17, 15) is 9.18 Å². The molecule has 21 heavy (non-hydrogen) atoms. The molecule has 1 unspecified atom stereocenters. The van der Waals surface area contributed by atoms with Crippen LogP contribution in [0.15, 0.2) is 54.4 Å². The highest BCUT2D eigenvalue weighted by Crippen LogP contribution is 2.26. The first-order chi connectivity index (χ1) is 10.2. The second kappa shape index (κ2) is 7.71. The zero-order valence-corrected chi connectivity index (χ0v) is 12.3. The molecular formula is C16H17FN2OS. The van der Waals surface area contributed by atoms with Gasteiger partial charge in [-0.25, -0.2) is 4.39 Å². The Morgan fingerprint density at radius 1 is 1.33 bits per heavy atom. The third-order valence-electron chi connectivity index (χ3n) is 2.91. The highest BCUT2D eigenvalue weighted by Gasteiger charge is 2.17. The van der Waals surface area contributed by atoms with Crippen LogP contribution in [-0.2, 0) is 4.79 Å². The minimum Gasteiger partial charge on any atom is -0.343 e. The van der Waals surface area contributed by atoms with E-state index in [1.54, 1.807) is 29.5 Å². The fourth-order valence-corrected chi connectivity index (χ4v) is 2.73. The average molecular weight is 304 g/mol. The molecule has 0 saturated heterocycles. The van der Waals surface area contributed by atoms with Crippen LogP contribution in [0.1, 0.15) is 16.5 Å². The molecule has 0 radical (unpaired) electrons. The van der Waals surface area contributed by atoms with E-state index < -0.39 is 0 Å². The zero-order chi connectivity index (χ0) is 15.1. The SMILES string of the molecule is C=CCNCC(=O)NC(c1ccc(F)cc1)c1cccs1. The van der Waals surface area contributed by atoms with E-state index in [1.165, 1.54) is 12.1 Å². The number of thiophene rings is 1. The number of rotatable bonds is 7. The zero-order valence-electron chi connectivity index (χ0n) is 11.5. The van der Waals surface area contributed by atoms with E-state index in [-0.39, 0.29) is 24.3 Å². The van der Waals surface area contributed by atoms with Crippen LogP contribution >= 0.6 is 11.3 Å². The van der Waals surface area contributed by atoms with Gasteiger partial charge < -0.3 is 10.6 Å². The van der Waals surface area contributed by atoms with Crippen molar-refractivity contribution in [1.29, 1.82) is 0 Å². The molecule has 3 nitrogen and oxygen atoms in total. The number of hydrogen-bond acceptors (Lipinski definition) is 3. The molecule has 110 valence electrons. The van der Waals surface area contributed by atoms with E-state index in [1.807, 2.05) is 17.5 Å². The summed E-state index contributed by atoms with van der Waals surface area (Å²) in [6.07, 6.45) is 1.70. The first-order valence-electron chi connectivity index (χ1n) is 6.60. The summed E-state index contributed by atoms with van der Waals surface area (Å²) in [5, 5.41) is 7.88. The van der Waals surface area contributed by atoms with Crippen LogP contribution in [-0.4, -0.2) is 19.0 Å². The fraction of sp³-hybridized carbons (Fsp3) is 0.188. The van der Waals surface area contributed by atoms with Gasteiger partial charge in [-0.3, -0.25) is 4.79 Å². The van der Waals surface area contributed by atoms with E-state index in [2.05, 4.69) is 17.2 Å². The smallest absolute Gasteiger partial charge is 0.234 e. The maximum absolute atomic E-state index is 13.1. The Balaban J connectivity index is 2.12. The third kappa shape index (κ3) is 4.51. The average Bonchev–Trinajstić information content (AvgIpc) is 3.00. The number of carbonyl (C=O) groups is 1. The Morgan fingerprint density at radius 2 is 2.10 bits per heavy atom. The molecule has 2 aromatic rings. The van der Waals surface area contributed by atoms with Crippen molar-refractivity contribution < 1.29 is 9.18 Å². The molecule has 0 fully saturated rings. The Morgan fingerprint density at radius 3 is 2.71 bits per heavy atom. The summed E-state index contributed by atoms with van der Waals surface area (Å²) in [7, 11) is 0. The van der Waals surface area contributed by atoms with Crippen molar-refractivity contribution in [2.45, 2.75) is 6.04 Å². The topological polar surface area (TPSA) is 41.1 Å². The largest absolute Gasteiger partial charge is 0.343 e. The van der Waals surface area contributed by atoms with E-state index >= 15 is 0 Å². The van der Waals surface area contributed by atoms with Crippen LogP contribution < -0.4 is 10.6 Å². The molecule has 1 amide bonds. The molecule has 5 heteroatoms. The number of nitrogens with one attached hydrogen (secondary N) is 2. The molecule has 2 N–H and O–H groups in total. The summed E-state index contributed by atoms with van der Waals surface area (Å²) in [5.74, 6) is -0.401. The number of benzene rings is 1. The number of amides is 1. The molecule has 0 aliphatic carbocycles. The lowest BCUT2D eigenvalue weighted by Crippen LogP contribution is -2.36. The van der Waals surface area contributed by atoms with Crippen molar-refractivity contribution in [3.05, 3.63) is 70.7 Å². The molecule has 0 aliphatic heterocycles. The normalized spacial score (nSPS) is 11.9. The molecule has 1 atom stereocenters. The maximum atomic E-state index is 13.1. The highest BCUT2D eigenvalue weighted by atomic mass is 32.1. The van der Waals surface area contributed by atoms with Gasteiger partial charge in [0.05, 0.1) is 12.6 Å². The Labute approximate surface area is 127 Å². The summed E-state index contributed by atoms with van der Waals surface area (Å²) >= 11 is 1.56. The van der Waals surface area contributed by atoms with Gasteiger partial charge in [0, 0.05) is 11.4 Å². The predicted molar refractivity (Wildman–Crippen MR) is 83.8 cm³/mol. The van der Waals surface area contributed by atoms with Crippen LogP contribution in [0.4, 0.5) is 4.39 Å². The lowest BCUT2D eigenvalue weighted by atomic mass is 10.1. The lowest BCUT2D eigenvalue weighted by Gasteiger charge is -2.18. The molecule has 1 heterocycles. The van der Waals surface area contributed by atoms with Crippen molar-refractivity contribution in [2.24, 2.45) is 0 Å². The number of hydrogen-bond donors (Lipinski definition) is 2. The van der Waals surface area contributed by atoms with Crippen LogP contribution in [0.5, 0.6) is 0 Å². The molecule has 2 rings (SSSR count). The first-order valence-corrected chi connectivity index (χ1v) is 7.48. The Kier molecular flexibility index (Phi) is 5.66. The maximum Gasteiger partial charge on any atom is 0.234 e. The Hall–Kier alpha value is -1.98. The van der Waals surface area contributed by atoms with Crippen LogP contribution in [0, 0.1) is 5.82 Å². The van der Waals surface area contributed by atoms with Gasteiger partial charge in [-0.2, -0.15) is 0 Å². The van der Waals surface area contributed by atoms with Crippen LogP contribution in [0.3, 0.4) is 0 Å². The lowest BCUT2D eigenvalue weighted by molar-refractivity contribution is -0.120. The number of halogens is 1. The monoisotopic (exact) mass is 304 g/mol. The van der Waals surface area contributed by atoms with Crippen molar-refractivity contribution in [2.75, 3.05) is 13.1 Å². The molecule has 0 spiro atoms. The summed E-state index contributed by atoms with van der Waals surface area (Å²) < 4.78 is 13.1. The van der Waals surface area contributed by atoms with E-state index in [4.69, 9.17) is 0 Å². The first kappa shape index (κ1) is 15.4. The van der Waals surface area contributed by atoms with Crippen molar-refractivity contribution in [1.82, 2.24) is 10.6 Å². The summed E-state index contributed by atoms with van der Waals surface area (Å²) in [6.45, 7) is 4.38. The van der Waals surface area contributed by atoms with Crippen molar-refractivity contribution >= 4 is 17.2 Å². The second-order valence-electron chi connectivity index (χ2n) is 4.49. The number of carbonyl (C=O) groups excluding carboxylic acids is 1. The summed E-state index contributed by atoms with van der Waals surface area (Å²) in [6, 6.07) is 9.81. The Bertz CT molecular complexity index is 581. The molecular weight excluding hydrogens is 287 g/mol. The van der Waals surface area contributed by atoms with Gasteiger partial charge in [0.2, 0.25) is 5.91 Å². The van der Waals surface area contributed by atoms with Gasteiger partial charge in [-0.1, -0.05) is 24.3 Å². The fourth-order valence-electron chi connectivity index (χ4n) is 1.93. The predicted octanol–water partition coefficient (Wildman–Crippen LogP) is 2.87. The summed E-state index contributed by atoms with van der Waals surface area (Å²) in [4.78, 5) is 13.0. The standard InChI is InChI=1S/C16H17FN2OS/c1-2-9-18-11-15(20)19-16(14-4-3-10-21-14)12-5-7-13(17)8-6-12/h2-8,10,16,18H,1,9,11H2,(H,19,20). The molecule has 1 aromatic heterocycles. The minimum atomic E-state index is -0.289. The van der Waals surface area contributed by atoms with Crippen LogP contribution in [0.2, 0.25) is 0 Å². The van der Waals surface area contributed by atoms with Crippen molar-refractivity contribution in [3.63, 3.8) is 0 Å².